The Hall–Kier alpha value is -0.940. The van der Waals surface area contributed by atoms with Gasteiger partial charge in [-0.25, -0.2) is 5.43 Å². The Labute approximate surface area is 71.7 Å². The van der Waals surface area contributed by atoms with E-state index in [1.165, 1.54) is 0 Å². The molecule has 1 aromatic rings. The molecule has 4 nitrogen and oxygen atoms in total. The molecule has 12 heavy (non-hydrogen) atoms. The molecule has 0 spiro atoms. The Bertz CT molecular complexity index is 231. The fraction of sp³-hybridized carbons (Fsp3) is 0.250. The second-order valence-corrected chi connectivity index (χ2v) is 2.59. The third kappa shape index (κ3) is 2.02. The highest BCUT2D eigenvalue weighted by Gasteiger charge is 2.01. The van der Waals surface area contributed by atoms with E-state index < -0.39 is 0 Å². The van der Waals surface area contributed by atoms with Gasteiger partial charge in [-0.15, -0.1) is 0 Å². The lowest BCUT2D eigenvalue weighted by Crippen LogP contribution is -2.34. The first-order chi connectivity index (χ1) is 5.77. The van der Waals surface area contributed by atoms with Crippen molar-refractivity contribution in [1.29, 1.82) is 0 Å². The maximum Gasteiger partial charge on any atom is 0.0935 e. The quantitative estimate of drug-likeness (QED) is 0.278. The van der Waals surface area contributed by atoms with E-state index in [1.807, 2.05) is 24.3 Å². The average Bonchev–Trinajstić information content (AvgIpc) is 2.17. The normalized spacial score (nSPS) is 12.9. The Morgan fingerprint density at radius 2 is 1.83 bits per heavy atom. The summed E-state index contributed by atoms with van der Waals surface area (Å²) in [6.07, 6.45) is -0.308. The zero-order valence-electron chi connectivity index (χ0n) is 6.83. The van der Waals surface area contributed by atoms with E-state index in [9.17, 15) is 0 Å². The number of hydrazine groups is 1. The van der Waals surface area contributed by atoms with Crippen molar-refractivity contribution < 1.29 is 0 Å². The highest BCUT2D eigenvalue weighted by atomic mass is 15.3. The van der Waals surface area contributed by atoms with Gasteiger partial charge in [-0.2, -0.15) is 0 Å². The van der Waals surface area contributed by atoms with Gasteiger partial charge >= 0.3 is 0 Å². The summed E-state index contributed by atoms with van der Waals surface area (Å²) in [7, 11) is 0. The van der Waals surface area contributed by atoms with Crippen LogP contribution in [-0.2, 0) is 6.54 Å². The Morgan fingerprint density at radius 3 is 2.25 bits per heavy atom. The van der Waals surface area contributed by atoms with Crippen LogP contribution in [0, 0.1) is 0 Å². The summed E-state index contributed by atoms with van der Waals surface area (Å²) in [4.78, 5) is 0. The van der Waals surface area contributed by atoms with Crippen molar-refractivity contribution in [3.63, 3.8) is 0 Å². The first-order valence-corrected chi connectivity index (χ1v) is 3.78. The molecule has 0 aliphatic heterocycles. The molecule has 0 amide bonds. The van der Waals surface area contributed by atoms with Crippen LogP contribution in [0.5, 0.6) is 0 Å². The van der Waals surface area contributed by atoms with Gasteiger partial charge in [0.2, 0.25) is 0 Å². The number of benzene rings is 1. The molecule has 4 heteroatoms. The van der Waals surface area contributed by atoms with E-state index in [4.69, 9.17) is 17.3 Å². The largest absolute Gasteiger partial charge is 0.326 e. The number of rotatable bonds is 3. The predicted molar refractivity (Wildman–Crippen MR) is 48.6 cm³/mol. The molecule has 0 radical (unpaired) electrons. The first-order valence-electron chi connectivity index (χ1n) is 3.78. The third-order valence-electron chi connectivity index (χ3n) is 1.75. The number of nitrogens with one attached hydrogen (secondary N) is 1. The Balaban J connectivity index is 2.77. The average molecular weight is 166 g/mol. The first kappa shape index (κ1) is 9.15. The second-order valence-electron chi connectivity index (χ2n) is 2.59. The topological polar surface area (TPSA) is 90.1 Å². The van der Waals surface area contributed by atoms with E-state index in [2.05, 4.69) is 5.43 Å². The maximum absolute atomic E-state index is 5.62. The molecule has 1 unspecified atom stereocenters. The predicted octanol–water partition coefficient (Wildman–Crippen LogP) is -0.434. The van der Waals surface area contributed by atoms with Gasteiger partial charge in [0.25, 0.3) is 0 Å². The molecule has 0 fully saturated rings. The Kier molecular flexibility index (Phi) is 3.19. The van der Waals surface area contributed by atoms with Gasteiger partial charge in [-0.1, -0.05) is 24.3 Å². The van der Waals surface area contributed by atoms with Crippen molar-refractivity contribution in [3.05, 3.63) is 35.4 Å². The summed E-state index contributed by atoms with van der Waals surface area (Å²) in [6, 6.07) is 7.69. The molecular weight excluding hydrogens is 152 g/mol. The maximum atomic E-state index is 5.62. The van der Waals surface area contributed by atoms with Crippen LogP contribution in [0.4, 0.5) is 0 Å². The van der Waals surface area contributed by atoms with Crippen molar-refractivity contribution in [2.45, 2.75) is 12.7 Å². The SMILES string of the molecule is NCc1ccc(C(N)NN)cc1. The van der Waals surface area contributed by atoms with Crippen molar-refractivity contribution in [2.75, 3.05) is 0 Å². The number of nitrogens with two attached hydrogens (primary N) is 3. The zero-order chi connectivity index (χ0) is 8.97. The monoisotopic (exact) mass is 166 g/mol. The van der Waals surface area contributed by atoms with Crippen LogP contribution in [0.15, 0.2) is 24.3 Å². The van der Waals surface area contributed by atoms with Crippen molar-refractivity contribution >= 4 is 0 Å². The lowest BCUT2D eigenvalue weighted by Gasteiger charge is -2.10. The van der Waals surface area contributed by atoms with Gasteiger partial charge in [0.15, 0.2) is 0 Å². The highest BCUT2D eigenvalue weighted by Crippen LogP contribution is 2.07. The van der Waals surface area contributed by atoms with Crippen LogP contribution in [0.2, 0.25) is 0 Å². The minimum atomic E-state index is -0.308. The van der Waals surface area contributed by atoms with Crippen molar-refractivity contribution in [1.82, 2.24) is 5.43 Å². The number of hydrogen-bond acceptors (Lipinski definition) is 4. The van der Waals surface area contributed by atoms with E-state index in [0.717, 1.165) is 11.1 Å². The Morgan fingerprint density at radius 1 is 1.25 bits per heavy atom. The molecule has 7 N–H and O–H groups in total. The summed E-state index contributed by atoms with van der Waals surface area (Å²) in [5.74, 6) is 5.17. The summed E-state index contributed by atoms with van der Waals surface area (Å²) in [6.45, 7) is 0.547. The van der Waals surface area contributed by atoms with Gasteiger partial charge < -0.3 is 11.5 Å². The van der Waals surface area contributed by atoms with Crippen LogP contribution in [0.25, 0.3) is 0 Å². The van der Waals surface area contributed by atoms with Gasteiger partial charge in [0, 0.05) is 6.54 Å². The molecule has 66 valence electrons. The molecule has 1 aromatic carbocycles. The standard InChI is InChI=1S/C8H14N4/c9-5-6-1-3-7(4-2-6)8(10)12-11/h1-4,8,12H,5,9-11H2. The molecule has 0 aliphatic carbocycles. The van der Waals surface area contributed by atoms with Gasteiger partial charge in [0.05, 0.1) is 6.17 Å². The van der Waals surface area contributed by atoms with Crippen LogP contribution in [0.1, 0.15) is 17.3 Å². The molecule has 0 bridgehead atoms. The van der Waals surface area contributed by atoms with E-state index >= 15 is 0 Å². The fourth-order valence-electron chi connectivity index (χ4n) is 0.957. The molecule has 0 heterocycles. The van der Waals surface area contributed by atoms with Gasteiger partial charge in [-0.05, 0) is 11.1 Å². The van der Waals surface area contributed by atoms with Gasteiger partial charge in [0.1, 0.15) is 0 Å². The molecule has 0 aliphatic rings. The lowest BCUT2D eigenvalue weighted by atomic mass is 10.1. The summed E-state index contributed by atoms with van der Waals surface area (Å²) < 4.78 is 0. The minimum Gasteiger partial charge on any atom is -0.326 e. The molecule has 0 saturated heterocycles. The van der Waals surface area contributed by atoms with Gasteiger partial charge in [-0.3, -0.25) is 5.84 Å². The molecule has 0 saturated carbocycles. The fourth-order valence-corrected chi connectivity index (χ4v) is 0.957. The smallest absolute Gasteiger partial charge is 0.0935 e. The molecular formula is C8H14N4. The molecule has 1 atom stereocenters. The minimum absolute atomic E-state index is 0.308. The summed E-state index contributed by atoms with van der Waals surface area (Å²) in [5.41, 5.74) is 15.6. The van der Waals surface area contributed by atoms with Crippen molar-refractivity contribution in [3.8, 4) is 0 Å². The van der Waals surface area contributed by atoms with Crippen LogP contribution >= 0.6 is 0 Å². The molecule has 1 rings (SSSR count). The van der Waals surface area contributed by atoms with Crippen molar-refractivity contribution in [2.24, 2.45) is 17.3 Å². The van der Waals surface area contributed by atoms with E-state index in [-0.39, 0.29) is 6.17 Å². The van der Waals surface area contributed by atoms with E-state index in [1.54, 1.807) is 0 Å². The number of hydrogen-bond donors (Lipinski definition) is 4. The zero-order valence-corrected chi connectivity index (χ0v) is 6.83. The van der Waals surface area contributed by atoms with Crippen LogP contribution in [0.3, 0.4) is 0 Å². The summed E-state index contributed by atoms with van der Waals surface area (Å²) in [5, 5.41) is 0. The van der Waals surface area contributed by atoms with Crippen LogP contribution in [-0.4, -0.2) is 0 Å². The third-order valence-corrected chi connectivity index (χ3v) is 1.75. The van der Waals surface area contributed by atoms with Crippen LogP contribution < -0.4 is 22.7 Å². The lowest BCUT2D eigenvalue weighted by molar-refractivity contribution is 0.576. The highest BCUT2D eigenvalue weighted by molar-refractivity contribution is 5.24. The molecule has 0 aromatic heterocycles. The van der Waals surface area contributed by atoms with E-state index in [0.29, 0.717) is 6.54 Å². The summed E-state index contributed by atoms with van der Waals surface area (Å²) >= 11 is 0. The second kappa shape index (κ2) is 4.18.